The Morgan fingerprint density at radius 3 is 1.71 bits per heavy atom. The van der Waals surface area contributed by atoms with Crippen LogP contribution in [0.3, 0.4) is 0 Å². The minimum atomic E-state index is -0.520. The van der Waals surface area contributed by atoms with Crippen LogP contribution in [-0.2, 0) is 4.79 Å². The molecule has 0 aromatic heterocycles. The second-order valence-corrected chi connectivity index (χ2v) is 5.29. The number of carboxylic acids is 1. The first kappa shape index (κ1) is 11.0. The fourth-order valence-electron chi connectivity index (χ4n) is 4.33. The van der Waals surface area contributed by atoms with Crippen LogP contribution in [0.2, 0.25) is 0 Å². The Bertz CT molecular complexity index is 224. The molecule has 1 N–H and O–H groups in total. The summed E-state index contributed by atoms with van der Waals surface area (Å²) >= 11 is 0. The van der Waals surface area contributed by atoms with Crippen LogP contribution in [-0.4, -0.2) is 40.6 Å². The van der Waals surface area contributed by atoms with Crippen molar-refractivity contribution in [3.63, 3.8) is 0 Å². The van der Waals surface area contributed by atoms with Gasteiger partial charge in [-0.25, -0.2) is 0 Å². The van der Waals surface area contributed by atoms with Gasteiger partial charge in [0.05, 0.1) is 5.92 Å². The van der Waals surface area contributed by atoms with Crippen LogP contribution in [0.5, 0.6) is 0 Å². The summed E-state index contributed by atoms with van der Waals surface area (Å²) in [5.74, 6) is 2.35. The van der Waals surface area contributed by atoms with Crippen LogP contribution in [0.15, 0.2) is 0 Å². The average molecular weight is 203 g/mol. The first-order valence-corrected chi connectivity index (χ1v) is 5.47. The van der Waals surface area contributed by atoms with E-state index in [1.807, 2.05) is 0 Å². The number of hydrogen-bond acceptors (Lipinski definition) is 1. The Balaban J connectivity index is 0.000000750. The monoisotopic (exact) mass is 203 g/mol. The molecule has 2 nitrogen and oxygen atoms in total. The van der Waals surface area contributed by atoms with Gasteiger partial charge in [-0.3, -0.25) is 4.79 Å². The van der Waals surface area contributed by atoms with Crippen LogP contribution < -0.4 is 0 Å². The zero-order chi connectivity index (χ0) is 9.00. The summed E-state index contributed by atoms with van der Waals surface area (Å²) in [4.78, 5) is 11.1. The van der Waals surface area contributed by atoms with Gasteiger partial charge in [-0.2, -0.15) is 0 Å². The summed E-state index contributed by atoms with van der Waals surface area (Å²) in [5.41, 5.74) is 0. The molecule has 0 aliphatic heterocycles. The summed E-state index contributed by atoms with van der Waals surface area (Å²) in [5, 5.41) is 9.15. The van der Waals surface area contributed by atoms with Crippen molar-refractivity contribution in [1.82, 2.24) is 0 Å². The van der Waals surface area contributed by atoms with Gasteiger partial charge in [-0.05, 0) is 55.8 Å². The number of hydrogen-bond donors (Lipinski definition) is 1. The summed E-state index contributed by atoms with van der Waals surface area (Å²) < 4.78 is 0. The first-order valence-electron chi connectivity index (χ1n) is 5.47. The van der Waals surface area contributed by atoms with Crippen LogP contribution in [0.1, 0.15) is 32.1 Å². The number of carbonyl (C=O) groups is 1. The van der Waals surface area contributed by atoms with Gasteiger partial charge in [0.1, 0.15) is 0 Å². The Morgan fingerprint density at radius 2 is 1.36 bits per heavy atom. The fraction of sp³-hybridized carbons (Fsp3) is 0.909. The molecule has 0 aromatic rings. The standard InChI is InChI=1S/C11H16O2.Na/c12-11(13)10-8-2-6-1-7(4-8)5-9(10)3-6;/h6-10H,1-5H2,(H,12,13);. The Hall–Kier alpha value is 0.470. The SMILES string of the molecule is O=C(O)C1C2CC3CC(C2)CC1C3.[Na]. The van der Waals surface area contributed by atoms with Gasteiger partial charge in [-0.15, -0.1) is 0 Å². The van der Waals surface area contributed by atoms with E-state index in [4.69, 9.17) is 5.11 Å². The molecule has 1 radical (unpaired) electrons. The van der Waals surface area contributed by atoms with Crippen molar-refractivity contribution in [1.29, 1.82) is 0 Å². The maximum atomic E-state index is 11.1. The quantitative estimate of drug-likeness (QED) is 0.659. The Morgan fingerprint density at radius 1 is 0.929 bits per heavy atom. The van der Waals surface area contributed by atoms with Crippen molar-refractivity contribution in [3.8, 4) is 0 Å². The third kappa shape index (κ3) is 1.56. The number of carboxylic acid groups (broad SMARTS) is 1. The van der Waals surface area contributed by atoms with Crippen LogP contribution in [0.4, 0.5) is 0 Å². The summed E-state index contributed by atoms with van der Waals surface area (Å²) in [6.45, 7) is 0. The predicted molar refractivity (Wildman–Crippen MR) is 53.9 cm³/mol. The van der Waals surface area contributed by atoms with Crippen molar-refractivity contribution in [2.24, 2.45) is 29.6 Å². The van der Waals surface area contributed by atoms with E-state index < -0.39 is 5.97 Å². The maximum absolute atomic E-state index is 11.1. The molecule has 14 heavy (non-hydrogen) atoms. The maximum Gasteiger partial charge on any atom is 0.307 e. The minimum Gasteiger partial charge on any atom is -0.481 e. The molecule has 4 saturated carbocycles. The number of aliphatic carboxylic acids is 1. The molecular weight excluding hydrogens is 187 g/mol. The molecule has 4 bridgehead atoms. The molecule has 0 saturated heterocycles. The van der Waals surface area contributed by atoms with E-state index in [9.17, 15) is 4.79 Å². The molecule has 0 aromatic carbocycles. The topological polar surface area (TPSA) is 37.3 Å². The Kier molecular flexibility index (Phi) is 2.98. The molecule has 4 aliphatic carbocycles. The third-order valence-corrected chi connectivity index (χ3v) is 4.51. The van der Waals surface area contributed by atoms with Gasteiger partial charge in [0, 0.05) is 29.6 Å². The molecule has 73 valence electrons. The normalized spacial score (nSPS) is 48.7. The molecule has 4 rings (SSSR count). The van der Waals surface area contributed by atoms with Gasteiger partial charge in [-0.1, -0.05) is 0 Å². The van der Waals surface area contributed by atoms with E-state index in [1.165, 1.54) is 32.1 Å². The van der Waals surface area contributed by atoms with E-state index in [0.29, 0.717) is 11.8 Å². The zero-order valence-corrected chi connectivity index (χ0v) is 10.8. The Labute approximate surface area is 107 Å². The second kappa shape index (κ2) is 3.80. The second-order valence-electron chi connectivity index (χ2n) is 5.29. The van der Waals surface area contributed by atoms with Gasteiger partial charge < -0.3 is 5.11 Å². The largest absolute Gasteiger partial charge is 0.481 e. The van der Waals surface area contributed by atoms with E-state index in [1.54, 1.807) is 0 Å². The van der Waals surface area contributed by atoms with E-state index >= 15 is 0 Å². The zero-order valence-electron chi connectivity index (χ0n) is 8.78. The van der Waals surface area contributed by atoms with Crippen molar-refractivity contribution >= 4 is 35.5 Å². The molecule has 0 atom stereocenters. The minimum absolute atomic E-state index is 0. The van der Waals surface area contributed by atoms with E-state index in [2.05, 4.69) is 0 Å². The first-order chi connectivity index (χ1) is 6.24. The van der Waals surface area contributed by atoms with Crippen molar-refractivity contribution in [2.45, 2.75) is 32.1 Å². The van der Waals surface area contributed by atoms with Crippen LogP contribution in [0.25, 0.3) is 0 Å². The molecule has 0 spiro atoms. The van der Waals surface area contributed by atoms with Crippen LogP contribution >= 0.6 is 0 Å². The van der Waals surface area contributed by atoms with E-state index in [-0.39, 0.29) is 35.5 Å². The molecule has 0 heterocycles. The van der Waals surface area contributed by atoms with Crippen molar-refractivity contribution in [3.05, 3.63) is 0 Å². The van der Waals surface area contributed by atoms with Crippen molar-refractivity contribution in [2.75, 3.05) is 0 Å². The molecular formula is C11H16NaO2. The third-order valence-electron chi connectivity index (χ3n) is 4.51. The summed E-state index contributed by atoms with van der Waals surface area (Å²) in [6.07, 6.45) is 6.25. The van der Waals surface area contributed by atoms with Gasteiger partial charge in [0.2, 0.25) is 0 Å². The molecule has 0 amide bonds. The average Bonchev–Trinajstić information content (AvgIpc) is 2.00. The van der Waals surface area contributed by atoms with Crippen LogP contribution in [0, 0.1) is 29.6 Å². The molecule has 4 aliphatic rings. The van der Waals surface area contributed by atoms with E-state index in [0.717, 1.165) is 11.8 Å². The van der Waals surface area contributed by atoms with Gasteiger partial charge in [0.15, 0.2) is 0 Å². The molecule has 4 fully saturated rings. The smallest absolute Gasteiger partial charge is 0.307 e. The summed E-state index contributed by atoms with van der Waals surface area (Å²) in [7, 11) is 0. The van der Waals surface area contributed by atoms with Gasteiger partial charge >= 0.3 is 5.97 Å². The molecule has 3 heteroatoms. The van der Waals surface area contributed by atoms with Gasteiger partial charge in [0.25, 0.3) is 0 Å². The fourth-order valence-corrected chi connectivity index (χ4v) is 4.33. The number of rotatable bonds is 1. The van der Waals surface area contributed by atoms with Crippen molar-refractivity contribution < 1.29 is 9.90 Å². The predicted octanol–water partition coefficient (Wildman–Crippen LogP) is 1.76. The summed E-state index contributed by atoms with van der Waals surface area (Å²) in [6, 6.07) is 0. The molecule has 0 unspecified atom stereocenters.